The number of amides is 2. The van der Waals surface area contributed by atoms with Crippen LogP contribution in [0, 0.1) is 0 Å². The molecule has 1 saturated heterocycles. The molecule has 2 aromatic rings. The molecule has 2 aliphatic carbocycles. The number of aromatic nitrogens is 2. The topological polar surface area (TPSA) is 79.3 Å². The van der Waals surface area contributed by atoms with Crippen LogP contribution in [0.15, 0.2) is 30.3 Å². The number of rotatable bonds is 10. The number of hydrogen-bond donors (Lipinski definition) is 2. The Morgan fingerprint density at radius 3 is 2.30 bits per heavy atom. The van der Waals surface area contributed by atoms with Gasteiger partial charge >= 0.3 is 12.4 Å². The SMILES string of the molecule is O=C(C[C@H](CCN1CCCC[C@H]1C(F)(F)F)NC(=O)c1cc(-c2ccccc2C(F)(F)F)n(C2CCCC2)n1)NC1CCC1. The number of halogens is 6. The summed E-state index contributed by atoms with van der Waals surface area (Å²) >= 11 is 0. The molecule has 3 fully saturated rings. The number of nitrogens with one attached hydrogen (secondary N) is 2. The summed E-state index contributed by atoms with van der Waals surface area (Å²) in [5.74, 6) is -0.984. The summed E-state index contributed by atoms with van der Waals surface area (Å²) in [4.78, 5) is 27.7. The Hall–Kier alpha value is -3.09. The van der Waals surface area contributed by atoms with Gasteiger partial charge in [0.25, 0.3) is 5.91 Å². The standard InChI is InChI=1S/C31H39F6N5O2/c32-30(33,34)24-13-4-3-12-23(24)26-19-25(40-42(26)22-10-1-2-11-22)29(44)39-21(18-28(43)38-20-8-7-9-20)15-17-41-16-6-5-14-27(41)31(35,36)37/h3-4,12-13,19-22,27H,1-2,5-11,14-18H2,(H,38,43)(H,39,44)/t21-,27-/m0/s1. The molecule has 7 nitrogen and oxygen atoms in total. The van der Waals surface area contributed by atoms with E-state index >= 15 is 0 Å². The van der Waals surface area contributed by atoms with Gasteiger partial charge in [-0.3, -0.25) is 19.2 Å². The molecule has 5 rings (SSSR count). The van der Waals surface area contributed by atoms with Crippen molar-refractivity contribution in [3.63, 3.8) is 0 Å². The molecular formula is C31H39F6N5O2. The molecule has 1 aromatic carbocycles. The highest BCUT2D eigenvalue weighted by Gasteiger charge is 2.44. The van der Waals surface area contributed by atoms with Gasteiger partial charge in [-0.1, -0.05) is 37.5 Å². The molecule has 2 N–H and O–H groups in total. The van der Waals surface area contributed by atoms with Crippen molar-refractivity contribution in [3.8, 4) is 11.3 Å². The second-order valence-electron chi connectivity index (χ2n) is 12.3. The molecule has 2 heterocycles. The average Bonchev–Trinajstić information content (AvgIpc) is 3.63. The maximum Gasteiger partial charge on any atom is 0.417 e. The lowest BCUT2D eigenvalue weighted by molar-refractivity contribution is -0.191. The zero-order valence-corrected chi connectivity index (χ0v) is 24.5. The maximum atomic E-state index is 13.9. The zero-order chi connectivity index (χ0) is 31.5. The van der Waals surface area contributed by atoms with E-state index in [0.717, 1.165) is 38.2 Å². The second-order valence-corrected chi connectivity index (χ2v) is 12.3. The molecule has 0 bridgehead atoms. The highest BCUT2D eigenvalue weighted by molar-refractivity contribution is 5.94. The van der Waals surface area contributed by atoms with Gasteiger partial charge in [-0.2, -0.15) is 31.4 Å². The third-order valence-electron chi connectivity index (χ3n) is 9.14. The van der Waals surface area contributed by atoms with E-state index in [1.54, 1.807) is 0 Å². The van der Waals surface area contributed by atoms with Crippen LogP contribution >= 0.6 is 0 Å². The number of benzene rings is 1. The number of alkyl halides is 6. The van der Waals surface area contributed by atoms with Gasteiger partial charge in [0.1, 0.15) is 6.04 Å². The first-order valence-corrected chi connectivity index (χ1v) is 15.6. The van der Waals surface area contributed by atoms with E-state index in [-0.39, 0.29) is 67.3 Å². The van der Waals surface area contributed by atoms with Crippen LogP contribution in [0.2, 0.25) is 0 Å². The lowest BCUT2D eigenvalue weighted by atomic mass is 9.93. The Balaban J connectivity index is 1.38. The summed E-state index contributed by atoms with van der Waals surface area (Å²) in [6.45, 7) is 0.305. The van der Waals surface area contributed by atoms with E-state index in [4.69, 9.17) is 0 Å². The van der Waals surface area contributed by atoms with Crippen LogP contribution in [0.5, 0.6) is 0 Å². The summed E-state index contributed by atoms with van der Waals surface area (Å²) in [6, 6.07) is 4.01. The van der Waals surface area contributed by atoms with Gasteiger partial charge < -0.3 is 10.6 Å². The minimum atomic E-state index is -4.62. The van der Waals surface area contributed by atoms with Crippen molar-refractivity contribution >= 4 is 11.8 Å². The van der Waals surface area contributed by atoms with E-state index in [1.165, 1.54) is 33.8 Å². The van der Waals surface area contributed by atoms with Crippen LogP contribution < -0.4 is 10.6 Å². The number of carbonyl (C=O) groups excluding carboxylic acids is 2. The Kier molecular flexibility index (Phi) is 9.91. The molecule has 0 radical (unpaired) electrons. The fourth-order valence-electron chi connectivity index (χ4n) is 6.59. The number of carbonyl (C=O) groups is 2. The molecule has 0 spiro atoms. The fourth-order valence-corrected chi connectivity index (χ4v) is 6.59. The molecule has 2 atom stereocenters. The molecule has 2 amide bonds. The molecule has 1 aromatic heterocycles. The largest absolute Gasteiger partial charge is 0.417 e. The zero-order valence-electron chi connectivity index (χ0n) is 24.5. The lowest BCUT2D eigenvalue weighted by Crippen LogP contribution is -2.50. The van der Waals surface area contributed by atoms with Crippen molar-refractivity contribution in [2.45, 2.75) is 114 Å². The number of hydrogen-bond acceptors (Lipinski definition) is 4. The Bertz CT molecular complexity index is 1300. The van der Waals surface area contributed by atoms with E-state index in [0.29, 0.717) is 25.7 Å². The molecule has 242 valence electrons. The average molecular weight is 628 g/mol. The van der Waals surface area contributed by atoms with Crippen LogP contribution in [0.3, 0.4) is 0 Å². The highest BCUT2D eigenvalue weighted by Crippen LogP contribution is 2.40. The smallest absolute Gasteiger partial charge is 0.353 e. The van der Waals surface area contributed by atoms with Gasteiger partial charge in [0.05, 0.1) is 17.3 Å². The van der Waals surface area contributed by atoms with Gasteiger partial charge in [0.15, 0.2) is 5.69 Å². The summed E-state index contributed by atoms with van der Waals surface area (Å²) in [7, 11) is 0. The van der Waals surface area contributed by atoms with Crippen molar-refractivity contribution in [1.29, 1.82) is 0 Å². The van der Waals surface area contributed by atoms with E-state index in [1.807, 2.05) is 0 Å². The molecule has 3 aliphatic rings. The third-order valence-corrected chi connectivity index (χ3v) is 9.14. The van der Waals surface area contributed by atoms with Gasteiger partial charge in [-0.15, -0.1) is 0 Å². The van der Waals surface area contributed by atoms with E-state index in [2.05, 4.69) is 15.7 Å². The van der Waals surface area contributed by atoms with Crippen molar-refractivity contribution in [2.24, 2.45) is 0 Å². The minimum Gasteiger partial charge on any atom is -0.353 e. The Labute approximate surface area is 252 Å². The molecule has 1 aliphatic heterocycles. The molecule has 44 heavy (non-hydrogen) atoms. The van der Waals surface area contributed by atoms with E-state index < -0.39 is 35.9 Å². The molecule has 0 unspecified atom stereocenters. The summed E-state index contributed by atoms with van der Waals surface area (Å²) < 4.78 is 84.4. The number of piperidine rings is 1. The normalized spacial score (nSPS) is 21.2. The van der Waals surface area contributed by atoms with Gasteiger partial charge in [0, 0.05) is 30.6 Å². The molecule has 13 heteroatoms. The Morgan fingerprint density at radius 1 is 0.932 bits per heavy atom. The lowest BCUT2D eigenvalue weighted by Gasteiger charge is -2.37. The summed E-state index contributed by atoms with van der Waals surface area (Å²) in [6.07, 6.45) is -2.00. The first-order chi connectivity index (χ1) is 20.9. The second kappa shape index (κ2) is 13.5. The fraction of sp³-hybridized carbons (Fsp3) is 0.645. The first-order valence-electron chi connectivity index (χ1n) is 15.6. The van der Waals surface area contributed by atoms with Crippen molar-refractivity contribution in [1.82, 2.24) is 25.3 Å². The molecule has 2 saturated carbocycles. The summed E-state index contributed by atoms with van der Waals surface area (Å²) in [5, 5.41) is 10.2. The predicted octanol–water partition coefficient (Wildman–Crippen LogP) is 6.65. The van der Waals surface area contributed by atoms with Crippen LogP contribution in [-0.4, -0.2) is 63.9 Å². The van der Waals surface area contributed by atoms with Crippen molar-refractivity contribution < 1.29 is 35.9 Å². The summed E-state index contributed by atoms with van der Waals surface area (Å²) in [5.41, 5.74) is -0.842. The predicted molar refractivity (Wildman–Crippen MR) is 152 cm³/mol. The van der Waals surface area contributed by atoms with Gasteiger partial charge in [-0.05, 0) is 70.0 Å². The van der Waals surface area contributed by atoms with Gasteiger partial charge in [-0.25, -0.2) is 0 Å². The Morgan fingerprint density at radius 2 is 1.64 bits per heavy atom. The van der Waals surface area contributed by atoms with Crippen molar-refractivity contribution in [3.05, 3.63) is 41.6 Å². The number of nitrogens with zero attached hydrogens (tertiary/aromatic N) is 3. The van der Waals surface area contributed by atoms with Crippen LogP contribution in [0.4, 0.5) is 26.3 Å². The van der Waals surface area contributed by atoms with Crippen LogP contribution in [0.1, 0.15) is 99.1 Å². The van der Waals surface area contributed by atoms with Crippen LogP contribution in [-0.2, 0) is 11.0 Å². The number of likely N-dealkylation sites (tertiary alicyclic amines) is 1. The third kappa shape index (κ3) is 7.76. The highest BCUT2D eigenvalue weighted by atomic mass is 19.4. The first kappa shape index (κ1) is 32.3. The van der Waals surface area contributed by atoms with Gasteiger partial charge in [0.2, 0.25) is 5.91 Å². The molecular weight excluding hydrogens is 588 g/mol. The maximum absolute atomic E-state index is 13.9. The minimum absolute atomic E-state index is 0.00344. The monoisotopic (exact) mass is 627 g/mol. The van der Waals surface area contributed by atoms with Crippen LogP contribution in [0.25, 0.3) is 11.3 Å². The van der Waals surface area contributed by atoms with E-state index in [9.17, 15) is 35.9 Å². The van der Waals surface area contributed by atoms with Crippen molar-refractivity contribution in [2.75, 3.05) is 13.1 Å². The quantitative estimate of drug-likeness (QED) is 0.289.